The summed E-state index contributed by atoms with van der Waals surface area (Å²) in [6.07, 6.45) is 2.43. The Bertz CT molecular complexity index is 486. The standard InChI is InChI=1S/C15H20N2O2/c1-4-13(11(2)3)17-15(19)14-12(8-6-10-18)7-5-9-16-14/h5,7,9,11,13,18H,4,10H2,1-3H3,(H,17,19). The van der Waals surface area contributed by atoms with Crippen LogP contribution >= 0.6 is 0 Å². The minimum absolute atomic E-state index is 0.119. The number of hydrogen-bond donors (Lipinski definition) is 2. The number of carbonyl (C=O) groups excluding carboxylic acids is 1. The molecule has 1 rings (SSSR count). The Hall–Kier alpha value is -1.86. The van der Waals surface area contributed by atoms with Gasteiger partial charge in [-0.2, -0.15) is 0 Å². The lowest BCUT2D eigenvalue weighted by atomic mass is 10.0. The van der Waals surface area contributed by atoms with Crippen LogP contribution in [0.5, 0.6) is 0 Å². The number of aromatic nitrogens is 1. The van der Waals surface area contributed by atoms with Crippen molar-refractivity contribution in [3.63, 3.8) is 0 Å². The smallest absolute Gasteiger partial charge is 0.271 e. The van der Waals surface area contributed by atoms with Gasteiger partial charge in [-0.05, 0) is 24.5 Å². The Morgan fingerprint density at radius 3 is 2.84 bits per heavy atom. The first-order valence-corrected chi connectivity index (χ1v) is 6.45. The van der Waals surface area contributed by atoms with Gasteiger partial charge in [0.05, 0.1) is 5.56 Å². The van der Waals surface area contributed by atoms with Crippen LogP contribution in [-0.2, 0) is 0 Å². The van der Waals surface area contributed by atoms with Crippen molar-refractivity contribution in [1.29, 1.82) is 0 Å². The van der Waals surface area contributed by atoms with Crippen LogP contribution in [0.25, 0.3) is 0 Å². The molecule has 0 aliphatic heterocycles. The molecule has 4 heteroatoms. The second kappa shape index (κ2) is 7.55. The summed E-state index contributed by atoms with van der Waals surface area (Å²) in [4.78, 5) is 16.3. The molecule has 1 amide bonds. The Morgan fingerprint density at radius 1 is 1.53 bits per heavy atom. The number of aliphatic hydroxyl groups excluding tert-OH is 1. The molecule has 0 bridgehead atoms. The Morgan fingerprint density at radius 2 is 2.26 bits per heavy atom. The van der Waals surface area contributed by atoms with Gasteiger partial charge in [-0.1, -0.05) is 32.6 Å². The molecule has 0 saturated carbocycles. The third-order valence-corrected chi connectivity index (χ3v) is 2.89. The molecule has 2 N–H and O–H groups in total. The Labute approximate surface area is 114 Å². The van der Waals surface area contributed by atoms with Crippen molar-refractivity contribution in [3.8, 4) is 11.8 Å². The molecule has 0 saturated heterocycles. The highest BCUT2D eigenvalue weighted by molar-refractivity contribution is 5.94. The molecular weight excluding hydrogens is 240 g/mol. The van der Waals surface area contributed by atoms with Gasteiger partial charge in [0, 0.05) is 12.2 Å². The molecule has 0 aliphatic carbocycles. The highest BCUT2D eigenvalue weighted by Crippen LogP contribution is 2.09. The zero-order valence-corrected chi connectivity index (χ0v) is 11.6. The van der Waals surface area contributed by atoms with Crippen LogP contribution in [0.3, 0.4) is 0 Å². The number of nitrogens with one attached hydrogen (secondary N) is 1. The zero-order valence-electron chi connectivity index (χ0n) is 11.6. The van der Waals surface area contributed by atoms with E-state index < -0.39 is 0 Å². The van der Waals surface area contributed by atoms with Crippen molar-refractivity contribution in [2.45, 2.75) is 33.2 Å². The minimum atomic E-state index is -0.237. The average Bonchev–Trinajstić information content (AvgIpc) is 2.42. The van der Waals surface area contributed by atoms with Crippen LogP contribution in [-0.4, -0.2) is 28.6 Å². The van der Waals surface area contributed by atoms with Crippen LogP contribution < -0.4 is 5.32 Å². The first kappa shape index (κ1) is 15.2. The summed E-state index contributed by atoms with van der Waals surface area (Å²) in [7, 11) is 0. The summed E-state index contributed by atoms with van der Waals surface area (Å²) in [5.41, 5.74) is 0.843. The molecule has 1 aromatic rings. The summed E-state index contributed by atoms with van der Waals surface area (Å²) in [6.45, 7) is 5.94. The number of rotatable bonds is 4. The van der Waals surface area contributed by atoms with Crippen molar-refractivity contribution < 1.29 is 9.90 Å². The fourth-order valence-electron chi connectivity index (χ4n) is 1.80. The lowest BCUT2D eigenvalue weighted by molar-refractivity contribution is 0.0919. The van der Waals surface area contributed by atoms with Crippen LogP contribution in [0.2, 0.25) is 0 Å². The molecular formula is C15H20N2O2. The largest absolute Gasteiger partial charge is 0.384 e. The van der Waals surface area contributed by atoms with Gasteiger partial charge >= 0.3 is 0 Å². The van der Waals surface area contributed by atoms with E-state index in [4.69, 9.17) is 5.11 Å². The maximum atomic E-state index is 12.2. The normalized spacial score (nSPS) is 11.6. The molecule has 0 spiro atoms. The molecule has 1 unspecified atom stereocenters. The number of hydrogen-bond acceptors (Lipinski definition) is 3. The van der Waals surface area contributed by atoms with E-state index in [1.54, 1.807) is 18.3 Å². The van der Waals surface area contributed by atoms with E-state index in [1.165, 1.54) is 0 Å². The van der Waals surface area contributed by atoms with Gasteiger partial charge in [-0.15, -0.1) is 0 Å². The van der Waals surface area contributed by atoms with E-state index in [9.17, 15) is 4.79 Å². The zero-order chi connectivity index (χ0) is 14.3. The molecule has 19 heavy (non-hydrogen) atoms. The average molecular weight is 260 g/mol. The molecule has 102 valence electrons. The van der Waals surface area contributed by atoms with E-state index in [0.29, 0.717) is 17.2 Å². The highest BCUT2D eigenvalue weighted by Gasteiger charge is 2.17. The number of pyridine rings is 1. The maximum absolute atomic E-state index is 12.2. The van der Waals surface area contributed by atoms with E-state index >= 15 is 0 Å². The lowest BCUT2D eigenvalue weighted by Crippen LogP contribution is -2.38. The lowest BCUT2D eigenvalue weighted by Gasteiger charge is -2.20. The third kappa shape index (κ3) is 4.38. The molecule has 0 fully saturated rings. The van der Waals surface area contributed by atoms with Crippen molar-refractivity contribution in [2.24, 2.45) is 5.92 Å². The van der Waals surface area contributed by atoms with Crippen molar-refractivity contribution in [3.05, 3.63) is 29.6 Å². The summed E-state index contributed by atoms with van der Waals surface area (Å²) in [5.74, 6) is 5.42. The van der Waals surface area contributed by atoms with Crippen molar-refractivity contribution in [1.82, 2.24) is 10.3 Å². The van der Waals surface area contributed by atoms with E-state index in [-0.39, 0.29) is 18.6 Å². The third-order valence-electron chi connectivity index (χ3n) is 2.89. The van der Waals surface area contributed by atoms with Crippen LogP contribution in [0, 0.1) is 17.8 Å². The quantitative estimate of drug-likeness (QED) is 0.808. The topological polar surface area (TPSA) is 62.2 Å². The molecule has 0 aromatic carbocycles. The van der Waals surface area contributed by atoms with Gasteiger partial charge in [-0.25, -0.2) is 4.98 Å². The molecule has 1 atom stereocenters. The van der Waals surface area contributed by atoms with Gasteiger partial charge in [0.15, 0.2) is 0 Å². The first-order valence-electron chi connectivity index (χ1n) is 6.45. The fourth-order valence-corrected chi connectivity index (χ4v) is 1.80. The predicted octanol–water partition coefficient (Wildman–Crippen LogP) is 1.59. The highest BCUT2D eigenvalue weighted by atomic mass is 16.2. The Kier molecular flexibility index (Phi) is 6.04. The monoisotopic (exact) mass is 260 g/mol. The van der Waals surface area contributed by atoms with Crippen molar-refractivity contribution >= 4 is 5.91 Å². The predicted molar refractivity (Wildman–Crippen MR) is 74.6 cm³/mol. The summed E-state index contributed by atoms with van der Waals surface area (Å²) in [6, 6.07) is 3.56. The minimum Gasteiger partial charge on any atom is -0.384 e. The Balaban J connectivity index is 2.93. The van der Waals surface area contributed by atoms with E-state index in [0.717, 1.165) is 6.42 Å². The maximum Gasteiger partial charge on any atom is 0.271 e. The number of carbonyl (C=O) groups is 1. The second-order valence-corrected chi connectivity index (χ2v) is 4.59. The number of nitrogens with zero attached hydrogens (tertiary/aromatic N) is 1. The number of amides is 1. The second-order valence-electron chi connectivity index (χ2n) is 4.59. The van der Waals surface area contributed by atoms with Gasteiger partial charge < -0.3 is 10.4 Å². The van der Waals surface area contributed by atoms with Gasteiger partial charge in [-0.3, -0.25) is 4.79 Å². The summed E-state index contributed by atoms with van der Waals surface area (Å²) < 4.78 is 0. The molecule has 1 aromatic heterocycles. The molecule has 4 nitrogen and oxygen atoms in total. The summed E-state index contributed by atoms with van der Waals surface area (Å²) >= 11 is 0. The van der Waals surface area contributed by atoms with Crippen LogP contribution in [0.1, 0.15) is 43.2 Å². The fraction of sp³-hybridized carbons (Fsp3) is 0.467. The molecule has 0 aliphatic rings. The van der Waals surface area contributed by atoms with E-state index in [1.807, 2.05) is 6.92 Å². The number of aliphatic hydroxyl groups is 1. The summed E-state index contributed by atoms with van der Waals surface area (Å²) in [5, 5.41) is 11.7. The molecule has 0 radical (unpaired) electrons. The van der Waals surface area contributed by atoms with Gasteiger partial charge in [0.2, 0.25) is 0 Å². The first-order chi connectivity index (χ1) is 9.10. The van der Waals surface area contributed by atoms with Gasteiger partial charge in [0.1, 0.15) is 12.3 Å². The molecule has 1 heterocycles. The van der Waals surface area contributed by atoms with Crippen molar-refractivity contribution in [2.75, 3.05) is 6.61 Å². The van der Waals surface area contributed by atoms with Gasteiger partial charge in [0.25, 0.3) is 5.91 Å². The SMILES string of the molecule is CCC(NC(=O)c1ncccc1C#CCO)C(C)C. The van der Waals surface area contributed by atoms with E-state index in [2.05, 4.69) is 36.0 Å². The van der Waals surface area contributed by atoms with Crippen LogP contribution in [0.4, 0.5) is 0 Å². The van der Waals surface area contributed by atoms with Crippen LogP contribution in [0.15, 0.2) is 18.3 Å².